The summed E-state index contributed by atoms with van der Waals surface area (Å²) in [6.07, 6.45) is 0.277. The van der Waals surface area contributed by atoms with Crippen molar-refractivity contribution < 1.29 is 9.15 Å². The van der Waals surface area contributed by atoms with Crippen molar-refractivity contribution in [3.8, 4) is 0 Å². The van der Waals surface area contributed by atoms with E-state index in [0.717, 1.165) is 31.2 Å². The van der Waals surface area contributed by atoms with Crippen molar-refractivity contribution in [2.24, 2.45) is 5.73 Å². The maximum atomic E-state index is 5.85. The lowest BCUT2D eigenvalue weighted by atomic mass is 10.1. The highest BCUT2D eigenvalue weighted by Crippen LogP contribution is 2.23. The molecular formula is C12H20N2O2. The summed E-state index contributed by atoms with van der Waals surface area (Å²) in [5.74, 6) is 1.91. The van der Waals surface area contributed by atoms with E-state index in [2.05, 4.69) is 11.8 Å². The van der Waals surface area contributed by atoms with Crippen LogP contribution in [-0.4, -0.2) is 37.2 Å². The van der Waals surface area contributed by atoms with Crippen LogP contribution in [0.15, 0.2) is 16.5 Å². The molecule has 0 amide bonds. The van der Waals surface area contributed by atoms with Crippen molar-refractivity contribution in [3.05, 3.63) is 23.7 Å². The molecule has 2 atom stereocenters. The van der Waals surface area contributed by atoms with Crippen molar-refractivity contribution in [1.82, 2.24) is 4.90 Å². The highest BCUT2D eigenvalue weighted by atomic mass is 16.5. The first kappa shape index (κ1) is 11.6. The third-order valence-corrected chi connectivity index (χ3v) is 3.03. The van der Waals surface area contributed by atoms with E-state index in [-0.39, 0.29) is 12.1 Å². The van der Waals surface area contributed by atoms with Gasteiger partial charge in [-0.25, -0.2) is 0 Å². The normalized spacial score (nSPS) is 24.6. The van der Waals surface area contributed by atoms with Crippen molar-refractivity contribution in [2.45, 2.75) is 26.0 Å². The maximum Gasteiger partial charge on any atom is 0.122 e. The molecule has 0 radical (unpaired) electrons. The minimum absolute atomic E-state index is 0.181. The number of furan rings is 1. The van der Waals surface area contributed by atoms with Crippen LogP contribution in [0.2, 0.25) is 0 Å². The molecule has 16 heavy (non-hydrogen) atoms. The van der Waals surface area contributed by atoms with Crippen LogP contribution in [0.3, 0.4) is 0 Å². The Labute approximate surface area is 96.4 Å². The Hall–Kier alpha value is -0.840. The third kappa shape index (κ3) is 2.45. The van der Waals surface area contributed by atoms with Gasteiger partial charge in [-0.3, -0.25) is 4.90 Å². The van der Waals surface area contributed by atoms with Crippen LogP contribution in [0.1, 0.15) is 24.5 Å². The lowest BCUT2D eigenvalue weighted by Crippen LogP contribution is -2.45. The molecule has 90 valence electrons. The van der Waals surface area contributed by atoms with Gasteiger partial charge in [0.1, 0.15) is 11.5 Å². The fourth-order valence-corrected chi connectivity index (χ4v) is 2.21. The van der Waals surface area contributed by atoms with E-state index in [1.54, 1.807) is 0 Å². The molecule has 1 aliphatic rings. The Morgan fingerprint density at radius 1 is 1.56 bits per heavy atom. The minimum atomic E-state index is 0.181. The molecule has 2 heterocycles. The van der Waals surface area contributed by atoms with E-state index < -0.39 is 0 Å². The van der Waals surface area contributed by atoms with Crippen LogP contribution in [0.4, 0.5) is 0 Å². The van der Waals surface area contributed by atoms with Crippen LogP contribution in [0.25, 0.3) is 0 Å². The van der Waals surface area contributed by atoms with Crippen molar-refractivity contribution in [2.75, 3.05) is 26.2 Å². The van der Waals surface area contributed by atoms with Gasteiger partial charge in [0, 0.05) is 19.6 Å². The molecular weight excluding hydrogens is 204 g/mol. The maximum absolute atomic E-state index is 5.85. The summed E-state index contributed by atoms with van der Waals surface area (Å²) < 4.78 is 11.2. The van der Waals surface area contributed by atoms with Crippen LogP contribution in [0, 0.1) is 6.92 Å². The van der Waals surface area contributed by atoms with Gasteiger partial charge >= 0.3 is 0 Å². The van der Waals surface area contributed by atoms with E-state index >= 15 is 0 Å². The molecule has 1 fully saturated rings. The average molecular weight is 224 g/mol. The van der Waals surface area contributed by atoms with E-state index in [0.29, 0.717) is 6.54 Å². The predicted molar refractivity (Wildman–Crippen MR) is 62.2 cm³/mol. The zero-order chi connectivity index (χ0) is 11.5. The van der Waals surface area contributed by atoms with E-state index in [9.17, 15) is 0 Å². The number of ether oxygens (including phenoxy) is 1. The first-order chi connectivity index (χ1) is 7.70. The second kappa shape index (κ2) is 4.99. The highest BCUT2D eigenvalue weighted by Gasteiger charge is 2.26. The first-order valence-electron chi connectivity index (χ1n) is 5.82. The summed E-state index contributed by atoms with van der Waals surface area (Å²) in [6.45, 7) is 7.25. The first-order valence-corrected chi connectivity index (χ1v) is 5.82. The van der Waals surface area contributed by atoms with Gasteiger partial charge in [-0.15, -0.1) is 0 Å². The topological polar surface area (TPSA) is 51.6 Å². The fourth-order valence-electron chi connectivity index (χ4n) is 2.21. The van der Waals surface area contributed by atoms with Crippen molar-refractivity contribution >= 4 is 0 Å². The lowest BCUT2D eigenvalue weighted by molar-refractivity contribution is -0.0362. The van der Waals surface area contributed by atoms with Crippen molar-refractivity contribution in [3.63, 3.8) is 0 Å². The Kier molecular flexibility index (Phi) is 3.63. The molecule has 1 aromatic rings. The molecule has 1 aliphatic heterocycles. The molecule has 0 aromatic carbocycles. The number of nitrogens with two attached hydrogens (primary N) is 1. The Bertz CT molecular complexity index is 338. The molecule has 2 N–H and O–H groups in total. The average Bonchev–Trinajstić information content (AvgIpc) is 2.66. The molecule has 2 rings (SSSR count). The molecule has 0 spiro atoms. The number of rotatable bonds is 3. The fraction of sp³-hybridized carbons (Fsp3) is 0.667. The summed E-state index contributed by atoms with van der Waals surface area (Å²) >= 11 is 0. The van der Waals surface area contributed by atoms with Gasteiger partial charge in [-0.05, 0) is 26.0 Å². The highest BCUT2D eigenvalue weighted by molar-refractivity contribution is 5.10. The van der Waals surface area contributed by atoms with Crippen molar-refractivity contribution in [1.29, 1.82) is 0 Å². The van der Waals surface area contributed by atoms with E-state index in [1.807, 2.05) is 19.1 Å². The minimum Gasteiger partial charge on any atom is -0.465 e. The van der Waals surface area contributed by atoms with Gasteiger partial charge in [-0.1, -0.05) is 0 Å². The second-order valence-corrected chi connectivity index (χ2v) is 4.38. The molecule has 4 heteroatoms. The Morgan fingerprint density at radius 2 is 2.38 bits per heavy atom. The van der Waals surface area contributed by atoms with Gasteiger partial charge in [0.25, 0.3) is 0 Å². The molecule has 0 saturated carbocycles. The van der Waals surface area contributed by atoms with Gasteiger partial charge in [0.15, 0.2) is 0 Å². The van der Waals surface area contributed by atoms with Gasteiger partial charge in [0.05, 0.1) is 18.8 Å². The van der Waals surface area contributed by atoms with Crippen LogP contribution < -0.4 is 5.73 Å². The Balaban J connectivity index is 2.09. The number of aryl methyl sites for hydroxylation is 1. The quantitative estimate of drug-likeness (QED) is 0.841. The number of nitrogens with zero attached hydrogens (tertiary/aromatic N) is 1. The Morgan fingerprint density at radius 3 is 2.94 bits per heavy atom. The predicted octanol–water partition coefficient (Wildman–Crippen LogP) is 1.31. The summed E-state index contributed by atoms with van der Waals surface area (Å²) in [5.41, 5.74) is 5.85. The molecule has 1 saturated heterocycles. The SMILES string of the molecule is Cc1ccc(C(CN)N2CCOC(C)C2)o1. The van der Waals surface area contributed by atoms with Crippen LogP contribution >= 0.6 is 0 Å². The molecule has 0 aliphatic carbocycles. The standard InChI is InChI=1S/C12H20N2O2/c1-9-3-4-12(16-9)11(7-13)14-5-6-15-10(2)8-14/h3-4,10-11H,5-8,13H2,1-2H3. The molecule has 2 unspecified atom stereocenters. The number of morpholine rings is 1. The summed E-state index contributed by atoms with van der Waals surface area (Å²) in [6, 6.07) is 4.19. The summed E-state index contributed by atoms with van der Waals surface area (Å²) in [4.78, 5) is 2.34. The monoisotopic (exact) mass is 224 g/mol. The smallest absolute Gasteiger partial charge is 0.122 e. The van der Waals surface area contributed by atoms with E-state index in [1.165, 1.54) is 0 Å². The van der Waals surface area contributed by atoms with Gasteiger partial charge in [-0.2, -0.15) is 0 Å². The number of hydrogen-bond acceptors (Lipinski definition) is 4. The summed E-state index contributed by atoms with van der Waals surface area (Å²) in [5, 5.41) is 0. The molecule has 1 aromatic heterocycles. The molecule has 0 bridgehead atoms. The zero-order valence-electron chi connectivity index (χ0n) is 9.98. The molecule has 4 nitrogen and oxygen atoms in total. The van der Waals surface area contributed by atoms with Gasteiger partial charge < -0.3 is 14.9 Å². The second-order valence-electron chi connectivity index (χ2n) is 4.38. The van der Waals surface area contributed by atoms with Crippen LogP contribution in [0.5, 0.6) is 0 Å². The number of hydrogen-bond donors (Lipinski definition) is 1. The largest absolute Gasteiger partial charge is 0.465 e. The van der Waals surface area contributed by atoms with Gasteiger partial charge in [0.2, 0.25) is 0 Å². The van der Waals surface area contributed by atoms with E-state index in [4.69, 9.17) is 14.9 Å². The summed E-state index contributed by atoms with van der Waals surface area (Å²) in [7, 11) is 0. The lowest BCUT2D eigenvalue weighted by Gasteiger charge is -2.35. The zero-order valence-corrected chi connectivity index (χ0v) is 9.98. The third-order valence-electron chi connectivity index (χ3n) is 3.03. The van der Waals surface area contributed by atoms with Crippen LogP contribution in [-0.2, 0) is 4.74 Å².